The Balaban J connectivity index is 1.97. The van der Waals surface area contributed by atoms with Crippen LogP contribution in [0.5, 0.6) is 5.75 Å². The first-order valence-corrected chi connectivity index (χ1v) is 9.72. The number of halogens is 1. The van der Waals surface area contributed by atoms with E-state index in [1.54, 1.807) is 23.5 Å². The van der Waals surface area contributed by atoms with E-state index >= 15 is 0 Å². The number of benzene rings is 1. The molecule has 0 atom stereocenters. The predicted molar refractivity (Wildman–Crippen MR) is 106 cm³/mol. The number of rotatable bonds is 7. The summed E-state index contributed by atoms with van der Waals surface area (Å²) in [5.41, 5.74) is 0.459. The average molecular weight is 427 g/mol. The van der Waals surface area contributed by atoms with E-state index in [0.29, 0.717) is 29.6 Å². The zero-order chi connectivity index (χ0) is 17.4. The zero-order valence-corrected chi connectivity index (χ0v) is 16.5. The highest BCUT2D eigenvalue weighted by Crippen LogP contribution is 2.23. The van der Waals surface area contributed by atoms with E-state index in [1.165, 1.54) is 0 Å². The molecular weight excluding hydrogens is 408 g/mol. The van der Waals surface area contributed by atoms with Crippen molar-refractivity contribution in [3.05, 3.63) is 50.6 Å². The third kappa shape index (κ3) is 5.89. The zero-order valence-electron chi connectivity index (χ0n) is 13.3. The van der Waals surface area contributed by atoms with E-state index in [1.807, 2.05) is 23.6 Å². The first kappa shape index (κ1) is 18.9. The van der Waals surface area contributed by atoms with Crippen LogP contribution in [0.15, 0.2) is 40.2 Å². The molecule has 0 aliphatic rings. The third-order valence-electron chi connectivity index (χ3n) is 3.17. The molecule has 1 amide bonds. The summed E-state index contributed by atoms with van der Waals surface area (Å²) >= 11 is 10.2. The highest BCUT2D eigenvalue weighted by Gasteiger charge is 2.14. The van der Waals surface area contributed by atoms with Crippen LogP contribution >= 0.6 is 39.5 Å². The number of amides is 1. The van der Waals surface area contributed by atoms with Gasteiger partial charge >= 0.3 is 0 Å². The molecule has 0 unspecified atom stereocenters. The van der Waals surface area contributed by atoms with Gasteiger partial charge in [0.1, 0.15) is 5.75 Å². The van der Waals surface area contributed by atoms with Crippen molar-refractivity contribution in [2.45, 2.75) is 26.3 Å². The fraction of sp³-hybridized carbons (Fsp3) is 0.294. The second-order valence-electron chi connectivity index (χ2n) is 5.06. The van der Waals surface area contributed by atoms with Crippen LogP contribution < -0.4 is 15.4 Å². The molecule has 7 heteroatoms. The van der Waals surface area contributed by atoms with Gasteiger partial charge in [0, 0.05) is 9.35 Å². The lowest BCUT2D eigenvalue weighted by molar-refractivity contribution is 0.0972. The van der Waals surface area contributed by atoms with Gasteiger partial charge in [-0.25, -0.2) is 0 Å². The van der Waals surface area contributed by atoms with Crippen LogP contribution in [0.2, 0.25) is 0 Å². The van der Waals surface area contributed by atoms with Gasteiger partial charge in [-0.2, -0.15) is 0 Å². The molecular formula is C17H19BrN2O2S2. The van der Waals surface area contributed by atoms with Crippen molar-refractivity contribution in [2.75, 3.05) is 6.61 Å². The monoisotopic (exact) mass is 426 g/mol. The molecule has 0 saturated heterocycles. The van der Waals surface area contributed by atoms with E-state index < -0.39 is 0 Å². The lowest BCUT2D eigenvalue weighted by Crippen LogP contribution is -2.38. The topological polar surface area (TPSA) is 50.4 Å². The molecule has 0 aliphatic carbocycles. The average Bonchev–Trinajstić information content (AvgIpc) is 3.08. The molecule has 128 valence electrons. The maximum atomic E-state index is 12.5. The van der Waals surface area contributed by atoms with Crippen molar-refractivity contribution in [1.82, 2.24) is 10.6 Å². The molecule has 24 heavy (non-hydrogen) atoms. The van der Waals surface area contributed by atoms with Crippen LogP contribution in [-0.2, 0) is 6.54 Å². The first-order valence-electron chi connectivity index (χ1n) is 7.64. The normalized spacial score (nSPS) is 10.2. The smallest absolute Gasteiger partial charge is 0.261 e. The molecule has 0 saturated carbocycles. The summed E-state index contributed by atoms with van der Waals surface area (Å²) < 4.78 is 6.52. The van der Waals surface area contributed by atoms with Crippen molar-refractivity contribution in [2.24, 2.45) is 0 Å². The fourth-order valence-electron chi connectivity index (χ4n) is 1.93. The minimum absolute atomic E-state index is 0.286. The number of carbonyl (C=O) groups is 1. The van der Waals surface area contributed by atoms with E-state index in [2.05, 4.69) is 33.5 Å². The van der Waals surface area contributed by atoms with E-state index in [4.69, 9.17) is 17.0 Å². The second kappa shape index (κ2) is 9.76. The Morgan fingerprint density at radius 3 is 2.92 bits per heavy atom. The SMILES string of the molecule is CCCCOc1ccc(Br)cc1C(=O)NC(=S)NCc1cccs1. The molecule has 0 radical (unpaired) electrons. The molecule has 2 N–H and O–H groups in total. The van der Waals surface area contributed by atoms with Crippen LogP contribution in [0.25, 0.3) is 0 Å². The number of hydrogen-bond donors (Lipinski definition) is 2. The van der Waals surface area contributed by atoms with Gasteiger partial charge in [-0.1, -0.05) is 35.3 Å². The van der Waals surface area contributed by atoms with Crippen molar-refractivity contribution >= 4 is 50.5 Å². The summed E-state index contributed by atoms with van der Waals surface area (Å²) in [6.45, 7) is 3.27. The summed E-state index contributed by atoms with van der Waals surface area (Å²) in [5, 5.41) is 8.03. The molecule has 1 aromatic carbocycles. The Bertz CT molecular complexity index is 690. The van der Waals surface area contributed by atoms with Crippen molar-refractivity contribution in [3.8, 4) is 5.75 Å². The summed E-state index contributed by atoms with van der Waals surface area (Å²) in [7, 11) is 0. The van der Waals surface area contributed by atoms with Gasteiger partial charge in [0.25, 0.3) is 5.91 Å². The lowest BCUT2D eigenvalue weighted by atomic mass is 10.2. The number of carbonyl (C=O) groups excluding carboxylic acids is 1. The first-order chi connectivity index (χ1) is 11.6. The van der Waals surface area contributed by atoms with Gasteiger partial charge < -0.3 is 10.1 Å². The Kier molecular flexibility index (Phi) is 7.68. The Morgan fingerprint density at radius 2 is 2.21 bits per heavy atom. The number of unbranched alkanes of at least 4 members (excludes halogenated alkanes) is 1. The molecule has 2 rings (SSSR count). The third-order valence-corrected chi connectivity index (χ3v) is 4.79. The Morgan fingerprint density at radius 1 is 1.38 bits per heavy atom. The van der Waals surface area contributed by atoms with Crippen molar-refractivity contribution in [3.63, 3.8) is 0 Å². The fourth-order valence-corrected chi connectivity index (χ4v) is 3.10. The summed E-state index contributed by atoms with van der Waals surface area (Å²) in [5.74, 6) is 0.275. The molecule has 0 bridgehead atoms. The minimum atomic E-state index is -0.286. The van der Waals surface area contributed by atoms with Gasteiger partial charge in [-0.3, -0.25) is 10.1 Å². The van der Waals surface area contributed by atoms with Gasteiger partial charge in [0.15, 0.2) is 5.11 Å². The number of thiocarbonyl (C=S) groups is 1. The van der Waals surface area contributed by atoms with Gasteiger partial charge in [0.2, 0.25) is 0 Å². The molecule has 1 aromatic heterocycles. The van der Waals surface area contributed by atoms with E-state index in [0.717, 1.165) is 22.2 Å². The highest BCUT2D eigenvalue weighted by atomic mass is 79.9. The molecule has 4 nitrogen and oxygen atoms in total. The van der Waals surface area contributed by atoms with Crippen molar-refractivity contribution in [1.29, 1.82) is 0 Å². The van der Waals surface area contributed by atoms with Gasteiger partial charge in [-0.05, 0) is 48.3 Å². The number of ether oxygens (including phenoxy) is 1. The number of hydrogen-bond acceptors (Lipinski definition) is 4. The maximum Gasteiger partial charge on any atom is 0.261 e. The predicted octanol–water partition coefficient (Wildman–Crippen LogP) is 4.49. The van der Waals surface area contributed by atoms with Crippen LogP contribution in [-0.4, -0.2) is 17.6 Å². The van der Waals surface area contributed by atoms with Crippen LogP contribution in [0.1, 0.15) is 35.0 Å². The molecule has 0 aliphatic heterocycles. The lowest BCUT2D eigenvalue weighted by Gasteiger charge is -2.13. The maximum absolute atomic E-state index is 12.5. The Labute approximate surface area is 159 Å². The molecule has 2 aromatic rings. The molecule has 0 spiro atoms. The minimum Gasteiger partial charge on any atom is -0.493 e. The van der Waals surface area contributed by atoms with Gasteiger partial charge in [0.05, 0.1) is 18.7 Å². The number of nitrogens with one attached hydrogen (secondary N) is 2. The van der Waals surface area contributed by atoms with Crippen LogP contribution in [0.4, 0.5) is 0 Å². The summed E-state index contributed by atoms with van der Waals surface area (Å²) in [6.07, 6.45) is 1.98. The summed E-state index contributed by atoms with van der Waals surface area (Å²) in [4.78, 5) is 13.6. The molecule has 1 heterocycles. The van der Waals surface area contributed by atoms with E-state index in [-0.39, 0.29) is 5.91 Å². The van der Waals surface area contributed by atoms with Crippen LogP contribution in [0.3, 0.4) is 0 Å². The second-order valence-corrected chi connectivity index (χ2v) is 7.41. The quantitative estimate of drug-likeness (QED) is 0.505. The van der Waals surface area contributed by atoms with Crippen molar-refractivity contribution < 1.29 is 9.53 Å². The standard InChI is InChI=1S/C17H19BrN2O2S2/c1-2-3-8-22-15-7-6-12(18)10-14(15)16(21)20-17(23)19-11-13-5-4-9-24-13/h4-7,9-10H,2-3,8,11H2,1H3,(H2,19,20,21,23). The van der Waals surface area contributed by atoms with Crippen LogP contribution in [0, 0.1) is 0 Å². The summed E-state index contributed by atoms with van der Waals surface area (Å²) in [6, 6.07) is 9.36. The number of thiophene rings is 1. The van der Waals surface area contributed by atoms with E-state index in [9.17, 15) is 4.79 Å². The van der Waals surface area contributed by atoms with Gasteiger partial charge in [-0.15, -0.1) is 11.3 Å². The Hall–Kier alpha value is -1.44. The highest BCUT2D eigenvalue weighted by molar-refractivity contribution is 9.10. The molecule has 0 fully saturated rings. The largest absolute Gasteiger partial charge is 0.493 e.